The van der Waals surface area contributed by atoms with Gasteiger partial charge in [0.25, 0.3) is 0 Å². The third-order valence-corrected chi connectivity index (χ3v) is 5.40. The summed E-state index contributed by atoms with van der Waals surface area (Å²) in [6, 6.07) is 7.57. The van der Waals surface area contributed by atoms with Gasteiger partial charge in [-0.3, -0.25) is 0 Å². The molecule has 0 spiro atoms. The lowest BCUT2D eigenvalue weighted by Crippen LogP contribution is -2.25. The molecule has 33 heavy (non-hydrogen) atoms. The van der Waals surface area contributed by atoms with Gasteiger partial charge in [0.1, 0.15) is 5.75 Å². The van der Waals surface area contributed by atoms with Crippen LogP contribution in [0.25, 0.3) is 6.08 Å². The highest BCUT2D eigenvalue weighted by atomic mass is 16.7. The van der Waals surface area contributed by atoms with Crippen LogP contribution in [0.5, 0.6) is 5.75 Å². The molecular weight excluding hydrogens is 420 g/mol. The highest BCUT2D eigenvalue weighted by Crippen LogP contribution is 2.21. The van der Waals surface area contributed by atoms with Crippen molar-refractivity contribution in [2.24, 2.45) is 0 Å². The standard InChI is InChI=1S/C27H38O6/c1-21(2)27(29)31-20-10-5-4-9-19-30-24-16-13-23(14-17-24)15-18-26(28)33-22(3)32-25-11-7-6-8-12-25/h13-18,22,25H,1,4-12,19-20H2,2-3H3/b18-15+. The van der Waals surface area contributed by atoms with Gasteiger partial charge in [-0.15, -0.1) is 0 Å². The summed E-state index contributed by atoms with van der Waals surface area (Å²) in [5, 5.41) is 0. The van der Waals surface area contributed by atoms with Crippen molar-refractivity contribution in [3.05, 3.63) is 48.1 Å². The number of esters is 2. The summed E-state index contributed by atoms with van der Waals surface area (Å²) >= 11 is 0. The Morgan fingerprint density at radius 1 is 1.03 bits per heavy atom. The lowest BCUT2D eigenvalue weighted by molar-refractivity contribution is -0.182. The maximum atomic E-state index is 12.0. The molecule has 6 nitrogen and oxygen atoms in total. The minimum Gasteiger partial charge on any atom is -0.494 e. The van der Waals surface area contributed by atoms with E-state index in [0.717, 1.165) is 49.8 Å². The van der Waals surface area contributed by atoms with E-state index in [-0.39, 0.29) is 12.1 Å². The minimum atomic E-state index is -0.535. The van der Waals surface area contributed by atoms with Crippen LogP contribution in [-0.4, -0.2) is 37.5 Å². The highest BCUT2D eigenvalue weighted by Gasteiger charge is 2.18. The molecule has 0 heterocycles. The number of unbranched alkanes of at least 4 members (excludes halogenated alkanes) is 3. The lowest BCUT2D eigenvalue weighted by atomic mass is 9.98. The molecule has 0 amide bonds. The number of ether oxygens (including phenoxy) is 4. The number of rotatable bonds is 14. The molecule has 0 radical (unpaired) electrons. The van der Waals surface area contributed by atoms with Crippen molar-refractivity contribution in [1.82, 2.24) is 0 Å². The van der Waals surface area contributed by atoms with Gasteiger partial charge in [0.05, 0.1) is 19.3 Å². The Kier molecular flexibility index (Phi) is 12.3. The van der Waals surface area contributed by atoms with Crippen molar-refractivity contribution in [1.29, 1.82) is 0 Å². The summed E-state index contributed by atoms with van der Waals surface area (Å²) < 4.78 is 21.9. The molecule has 1 aromatic rings. The van der Waals surface area contributed by atoms with Crippen LogP contribution in [0.15, 0.2) is 42.5 Å². The highest BCUT2D eigenvalue weighted by molar-refractivity contribution is 5.87. The molecule has 0 bridgehead atoms. The van der Waals surface area contributed by atoms with E-state index < -0.39 is 12.3 Å². The third-order valence-electron chi connectivity index (χ3n) is 5.40. The van der Waals surface area contributed by atoms with E-state index in [9.17, 15) is 9.59 Å². The van der Waals surface area contributed by atoms with Gasteiger partial charge in [0.2, 0.25) is 6.29 Å². The van der Waals surface area contributed by atoms with E-state index in [1.54, 1.807) is 19.9 Å². The molecule has 182 valence electrons. The van der Waals surface area contributed by atoms with Crippen molar-refractivity contribution >= 4 is 18.0 Å². The molecule has 0 aromatic heterocycles. The first-order valence-corrected chi connectivity index (χ1v) is 12.0. The summed E-state index contributed by atoms with van der Waals surface area (Å²) in [7, 11) is 0. The Balaban J connectivity index is 1.57. The average molecular weight is 459 g/mol. The van der Waals surface area contributed by atoms with Crippen LogP contribution in [0.3, 0.4) is 0 Å². The Bertz CT molecular complexity index is 761. The van der Waals surface area contributed by atoms with Gasteiger partial charge in [0.15, 0.2) is 0 Å². The molecule has 6 heteroatoms. The SMILES string of the molecule is C=C(C)C(=O)OCCCCCCOc1ccc(/C=C/C(=O)OC(C)OC2CCCCC2)cc1. The molecule has 1 saturated carbocycles. The summed E-state index contributed by atoms with van der Waals surface area (Å²) in [6.07, 6.45) is 12.3. The van der Waals surface area contributed by atoms with Crippen molar-refractivity contribution in [3.63, 3.8) is 0 Å². The fourth-order valence-electron chi connectivity index (χ4n) is 3.58. The Morgan fingerprint density at radius 2 is 1.70 bits per heavy atom. The van der Waals surface area contributed by atoms with E-state index in [2.05, 4.69) is 6.58 Å². The first-order valence-electron chi connectivity index (χ1n) is 12.0. The number of carbonyl (C=O) groups excluding carboxylic acids is 2. The van der Waals surface area contributed by atoms with Gasteiger partial charge >= 0.3 is 11.9 Å². The Labute approximate surface area is 197 Å². The minimum absolute atomic E-state index is 0.199. The Morgan fingerprint density at radius 3 is 2.36 bits per heavy atom. The van der Waals surface area contributed by atoms with Gasteiger partial charge in [-0.2, -0.15) is 0 Å². The van der Waals surface area contributed by atoms with E-state index in [4.69, 9.17) is 18.9 Å². The van der Waals surface area contributed by atoms with Crippen LogP contribution in [0.1, 0.15) is 77.2 Å². The van der Waals surface area contributed by atoms with Gasteiger partial charge in [0, 0.05) is 11.6 Å². The lowest BCUT2D eigenvalue weighted by Gasteiger charge is -2.25. The van der Waals surface area contributed by atoms with Crippen LogP contribution in [0, 0.1) is 0 Å². The van der Waals surface area contributed by atoms with E-state index in [1.807, 2.05) is 24.3 Å². The van der Waals surface area contributed by atoms with Crippen molar-refractivity contribution < 1.29 is 28.5 Å². The van der Waals surface area contributed by atoms with E-state index in [0.29, 0.717) is 18.8 Å². The van der Waals surface area contributed by atoms with E-state index in [1.165, 1.54) is 25.3 Å². The molecule has 0 aliphatic heterocycles. The van der Waals surface area contributed by atoms with Crippen LogP contribution >= 0.6 is 0 Å². The predicted molar refractivity (Wildman–Crippen MR) is 129 cm³/mol. The molecule has 1 fully saturated rings. The second-order valence-corrected chi connectivity index (χ2v) is 8.48. The van der Waals surface area contributed by atoms with Gasteiger partial charge < -0.3 is 18.9 Å². The van der Waals surface area contributed by atoms with Crippen LogP contribution in [-0.2, 0) is 23.8 Å². The second kappa shape index (κ2) is 15.3. The second-order valence-electron chi connectivity index (χ2n) is 8.48. The van der Waals surface area contributed by atoms with Crippen molar-refractivity contribution in [2.75, 3.05) is 13.2 Å². The Hall–Kier alpha value is -2.60. The normalized spacial score (nSPS) is 15.2. The number of carbonyl (C=O) groups is 2. The van der Waals surface area contributed by atoms with Crippen molar-refractivity contribution in [3.8, 4) is 5.75 Å². The van der Waals surface area contributed by atoms with Crippen LogP contribution in [0.2, 0.25) is 0 Å². The van der Waals surface area contributed by atoms with Crippen molar-refractivity contribution in [2.45, 2.75) is 84.0 Å². The van der Waals surface area contributed by atoms with Crippen LogP contribution < -0.4 is 4.74 Å². The maximum Gasteiger partial charge on any atom is 0.333 e. The zero-order chi connectivity index (χ0) is 23.9. The first kappa shape index (κ1) is 26.7. The fourth-order valence-corrected chi connectivity index (χ4v) is 3.58. The summed E-state index contributed by atoms with van der Waals surface area (Å²) in [5.41, 5.74) is 1.32. The smallest absolute Gasteiger partial charge is 0.333 e. The molecule has 1 aliphatic carbocycles. The molecular formula is C27H38O6. The summed E-state index contributed by atoms with van der Waals surface area (Å²) in [5.74, 6) is 0.0550. The molecule has 1 unspecified atom stereocenters. The van der Waals surface area contributed by atoms with Crippen LogP contribution in [0.4, 0.5) is 0 Å². The number of benzene rings is 1. The maximum absolute atomic E-state index is 12.0. The summed E-state index contributed by atoms with van der Waals surface area (Å²) in [4.78, 5) is 23.3. The first-order chi connectivity index (χ1) is 15.9. The van der Waals surface area contributed by atoms with E-state index >= 15 is 0 Å². The monoisotopic (exact) mass is 458 g/mol. The topological polar surface area (TPSA) is 71.1 Å². The zero-order valence-corrected chi connectivity index (χ0v) is 20.1. The number of hydrogen-bond donors (Lipinski definition) is 0. The molecule has 1 aliphatic rings. The quantitative estimate of drug-likeness (QED) is 0.147. The molecule has 2 rings (SSSR count). The summed E-state index contributed by atoms with van der Waals surface area (Å²) in [6.45, 7) is 8.03. The molecule has 1 aromatic carbocycles. The van der Waals surface area contributed by atoms with Gasteiger partial charge in [-0.05, 0) is 76.1 Å². The fraction of sp³-hybridized carbons (Fsp3) is 0.556. The molecule has 1 atom stereocenters. The molecule has 0 N–H and O–H groups in total. The predicted octanol–water partition coefficient (Wildman–Crippen LogP) is 6.00. The number of hydrogen-bond acceptors (Lipinski definition) is 6. The zero-order valence-electron chi connectivity index (χ0n) is 20.1. The molecule has 0 saturated heterocycles. The van der Waals surface area contributed by atoms with Gasteiger partial charge in [-0.1, -0.05) is 38.0 Å². The third kappa shape index (κ3) is 11.7. The van der Waals surface area contributed by atoms with Gasteiger partial charge in [-0.25, -0.2) is 9.59 Å². The average Bonchev–Trinajstić information content (AvgIpc) is 2.80. The largest absolute Gasteiger partial charge is 0.494 e.